The average molecular weight is 307 g/mol. The first-order valence-electron chi connectivity index (χ1n) is 4.70. The summed E-state index contributed by atoms with van der Waals surface area (Å²) in [5.41, 5.74) is 6.93. The second-order valence-electron chi connectivity index (χ2n) is 3.18. The van der Waals surface area contributed by atoms with E-state index >= 15 is 0 Å². The molecule has 1 aromatic carbocycles. The van der Waals surface area contributed by atoms with E-state index in [4.69, 9.17) is 11.1 Å². The smallest absolute Gasteiger partial charge is 0.122 e. The molecule has 0 heterocycles. The van der Waals surface area contributed by atoms with Gasteiger partial charge in [-0.15, -0.1) is 0 Å². The van der Waals surface area contributed by atoms with E-state index in [0.29, 0.717) is 12.1 Å². The second-order valence-corrected chi connectivity index (χ2v) is 3.18. The monoisotopic (exact) mass is 307 g/mol. The Kier molecular flexibility index (Phi) is 7.79. The van der Waals surface area contributed by atoms with E-state index in [2.05, 4.69) is 17.7 Å². The van der Waals surface area contributed by atoms with Gasteiger partial charge >= 0.3 is 0 Å². The van der Waals surface area contributed by atoms with Crippen LogP contribution in [0.15, 0.2) is 24.3 Å². The van der Waals surface area contributed by atoms with Crippen molar-refractivity contribution >= 4 is 11.7 Å². The summed E-state index contributed by atoms with van der Waals surface area (Å²) in [6.07, 6.45) is 0. The van der Waals surface area contributed by atoms with Crippen molar-refractivity contribution in [3.63, 3.8) is 0 Å². The van der Waals surface area contributed by atoms with Crippen LogP contribution in [0.3, 0.4) is 0 Å². The Labute approximate surface area is 126 Å². The Morgan fingerprint density at radius 2 is 2.00 bits per heavy atom. The van der Waals surface area contributed by atoms with Crippen LogP contribution in [-0.4, -0.2) is 11.7 Å². The number of hydrogen-bond donors (Lipinski definition) is 4. The van der Waals surface area contributed by atoms with Crippen LogP contribution in [0.5, 0.6) is 0 Å². The van der Waals surface area contributed by atoms with Gasteiger partial charge in [-0.3, -0.25) is 12.0 Å². The number of nitrogens with one attached hydrogen (secondary N) is 3. The molecule has 0 unspecified atom stereocenters. The summed E-state index contributed by atoms with van der Waals surface area (Å²) in [6, 6.07) is 7.11. The Balaban J connectivity index is 0.00000256. The number of amides is 1. The molecule has 5 N–H and O–H groups in total. The van der Waals surface area contributed by atoms with Crippen molar-refractivity contribution in [1.82, 2.24) is 10.6 Å². The third-order valence-electron chi connectivity index (χ3n) is 1.96. The van der Waals surface area contributed by atoms with E-state index in [1.54, 1.807) is 12.1 Å². The van der Waals surface area contributed by atoms with Crippen molar-refractivity contribution in [3.8, 4) is 0 Å². The van der Waals surface area contributed by atoms with E-state index < -0.39 is 0 Å². The molecule has 0 aromatic heterocycles. The zero-order valence-electron chi connectivity index (χ0n) is 9.36. The molecule has 1 rings (SSSR count). The number of benzene rings is 1. The van der Waals surface area contributed by atoms with Gasteiger partial charge in [-0.2, -0.15) is 0 Å². The van der Waals surface area contributed by atoms with Crippen molar-refractivity contribution in [3.05, 3.63) is 49.0 Å². The minimum Gasteiger partial charge on any atom is -0.600 e. The Morgan fingerprint density at radius 1 is 1.41 bits per heavy atom. The zero-order chi connectivity index (χ0) is 12.0. The number of carbonyl (C=O) groups excluding carboxylic acids is 1. The maximum atomic E-state index is 11.1. The fraction of sp³-hybridized carbons (Fsp3) is 0.0909. The first-order valence-corrected chi connectivity index (χ1v) is 4.70. The fourth-order valence-corrected chi connectivity index (χ4v) is 1.14. The van der Waals surface area contributed by atoms with Crippen LogP contribution in [0.4, 0.5) is 0 Å². The van der Waals surface area contributed by atoms with Gasteiger partial charge in [0, 0.05) is 44.8 Å². The third-order valence-corrected chi connectivity index (χ3v) is 1.96. The van der Waals surface area contributed by atoms with Crippen molar-refractivity contribution < 1.29 is 37.5 Å². The maximum absolute atomic E-state index is 11.1. The molecule has 0 aliphatic heterocycles. The number of nitrogens with two attached hydrogens (primary N) is 1. The van der Waals surface area contributed by atoms with Gasteiger partial charge in [0.1, 0.15) is 5.84 Å². The van der Waals surface area contributed by atoms with Crippen LogP contribution in [0.2, 0.25) is 0 Å². The van der Waals surface area contributed by atoms with E-state index in [9.17, 15) is 4.79 Å². The normalized spacial score (nSPS) is 9.00. The molecule has 0 fully saturated rings. The predicted octanol–water partition coefficient (Wildman–Crippen LogP) is 0.127. The second kappa shape index (κ2) is 8.22. The molecule has 17 heavy (non-hydrogen) atoms. The Hall–Kier alpha value is -0.906. The quantitative estimate of drug-likeness (QED) is 0.354. The standard InChI is InChI=1S/C11H14N4O.Y/c1-14-7-10(16)15-6-8-2-4-9(5-3-8)11(12)13;/h2-5,7,14H,1,6H2,(H3,12,13)(H,15,16);/q-2;. The summed E-state index contributed by atoms with van der Waals surface area (Å²) < 4.78 is 0. The van der Waals surface area contributed by atoms with Gasteiger partial charge in [0.15, 0.2) is 0 Å². The molecule has 0 spiro atoms. The van der Waals surface area contributed by atoms with Gasteiger partial charge in [-0.1, -0.05) is 24.3 Å². The molecular formula is C11H14N4OY-2. The maximum Gasteiger partial charge on any atom is 0.122 e. The average Bonchev–Trinajstić information content (AvgIpc) is 2.27. The van der Waals surface area contributed by atoms with Gasteiger partial charge in [0.25, 0.3) is 0 Å². The Morgan fingerprint density at radius 3 is 2.47 bits per heavy atom. The van der Waals surface area contributed by atoms with Gasteiger partial charge in [0.2, 0.25) is 0 Å². The van der Waals surface area contributed by atoms with Gasteiger partial charge in [-0.05, 0) is 5.56 Å². The number of hydrogen-bond acceptors (Lipinski definition) is 3. The number of rotatable bonds is 5. The van der Waals surface area contributed by atoms with Crippen molar-refractivity contribution in [2.24, 2.45) is 5.73 Å². The SMILES string of the molecule is [CH2-]N[CH-]C(=O)NCc1ccc(C(=N)N)cc1.[Y]. The summed E-state index contributed by atoms with van der Waals surface area (Å²) in [5, 5.41) is 12.3. The summed E-state index contributed by atoms with van der Waals surface area (Å²) in [5.74, 6) is -0.198. The first-order chi connectivity index (χ1) is 7.63. The molecular weight excluding hydrogens is 293 g/mol. The van der Waals surface area contributed by atoms with Crippen molar-refractivity contribution in [1.29, 1.82) is 5.41 Å². The molecule has 5 nitrogen and oxygen atoms in total. The molecule has 6 heteroatoms. The molecule has 0 aliphatic carbocycles. The number of amidine groups is 1. The molecule has 1 radical (unpaired) electrons. The molecule has 0 bridgehead atoms. The zero-order valence-corrected chi connectivity index (χ0v) is 12.2. The Bertz CT molecular complexity index is 378. The van der Waals surface area contributed by atoms with Crippen LogP contribution < -0.4 is 16.4 Å². The molecule has 0 saturated heterocycles. The van der Waals surface area contributed by atoms with E-state index in [1.807, 2.05) is 12.1 Å². The summed E-state index contributed by atoms with van der Waals surface area (Å²) in [7, 11) is 3.31. The van der Waals surface area contributed by atoms with Gasteiger partial charge < -0.3 is 28.2 Å². The van der Waals surface area contributed by atoms with Crippen molar-refractivity contribution in [2.75, 3.05) is 0 Å². The van der Waals surface area contributed by atoms with Crippen LogP contribution in [0.25, 0.3) is 0 Å². The summed E-state index contributed by atoms with van der Waals surface area (Å²) in [4.78, 5) is 11.1. The number of carbonyl (C=O) groups is 1. The minimum atomic E-state index is -0.231. The molecule has 1 aromatic rings. The third kappa shape index (κ3) is 5.82. The van der Waals surface area contributed by atoms with E-state index in [0.717, 1.165) is 5.56 Å². The molecule has 0 aliphatic rings. The topological polar surface area (TPSA) is 91.0 Å². The van der Waals surface area contributed by atoms with Crippen molar-refractivity contribution in [2.45, 2.75) is 6.54 Å². The fourth-order valence-electron chi connectivity index (χ4n) is 1.14. The van der Waals surface area contributed by atoms with Crippen LogP contribution >= 0.6 is 0 Å². The molecule has 89 valence electrons. The molecule has 0 saturated carbocycles. The summed E-state index contributed by atoms with van der Waals surface area (Å²) >= 11 is 0. The first kappa shape index (κ1) is 16.1. The largest absolute Gasteiger partial charge is 0.600 e. The number of nitrogen functional groups attached to an aromatic ring is 1. The van der Waals surface area contributed by atoms with E-state index in [-0.39, 0.29) is 44.5 Å². The minimum absolute atomic E-state index is 0. The van der Waals surface area contributed by atoms with Gasteiger partial charge in [-0.25, -0.2) is 0 Å². The molecule has 0 atom stereocenters. The van der Waals surface area contributed by atoms with Crippen LogP contribution in [-0.2, 0) is 44.0 Å². The van der Waals surface area contributed by atoms with E-state index in [1.165, 1.54) is 6.54 Å². The van der Waals surface area contributed by atoms with Gasteiger partial charge in [0.05, 0.1) is 5.91 Å². The predicted molar refractivity (Wildman–Crippen MR) is 62.1 cm³/mol. The van der Waals surface area contributed by atoms with Crippen LogP contribution in [0.1, 0.15) is 11.1 Å². The summed E-state index contributed by atoms with van der Waals surface area (Å²) in [6.45, 7) is 1.67. The van der Waals surface area contributed by atoms with Crippen LogP contribution in [0, 0.1) is 19.0 Å². The molecule has 1 amide bonds.